The van der Waals surface area contributed by atoms with Crippen molar-refractivity contribution in [3.8, 4) is 5.75 Å². The number of aromatic amines is 1. The van der Waals surface area contributed by atoms with Crippen LogP contribution in [0.25, 0.3) is 0 Å². The molecule has 4 heteroatoms. The number of hydrogen-bond donors (Lipinski definition) is 2. The standard InChI is InChI=1S/C12H12N2O2/c1-8(15)12-7-10(13-14-12)5-9-3-2-4-11(16)6-9/h2-4,6-7,16H,5H2,1H3,(H,13,14). The molecule has 2 N–H and O–H groups in total. The lowest BCUT2D eigenvalue weighted by Crippen LogP contribution is -1.90. The molecule has 0 unspecified atom stereocenters. The Labute approximate surface area is 92.9 Å². The Kier molecular flexibility index (Phi) is 2.72. The van der Waals surface area contributed by atoms with Gasteiger partial charge in [0.1, 0.15) is 11.4 Å². The van der Waals surface area contributed by atoms with Gasteiger partial charge in [0.2, 0.25) is 0 Å². The summed E-state index contributed by atoms with van der Waals surface area (Å²) >= 11 is 0. The average Bonchev–Trinajstić information content (AvgIpc) is 2.66. The van der Waals surface area contributed by atoms with Crippen molar-refractivity contribution in [2.45, 2.75) is 13.3 Å². The van der Waals surface area contributed by atoms with E-state index in [-0.39, 0.29) is 11.5 Å². The summed E-state index contributed by atoms with van der Waals surface area (Å²) in [7, 11) is 0. The Hall–Kier alpha value is -2.10. The molecule has 0 radical (unpaired) electrons. The van der Waals surface area contributed by atoms with Crippen LogP contribution >= 0.6 is 0 Å². The molecule has 0 amide bonds. The van der Waals surface area contributed by atoms with E-state index in [1.54, 1.807) is 24.3 Å². The van der Waals surface area contributed by atoms with Crippen LogP contribution in [0.1, 0.15) is 28.7 Å². The van der Waals surface area contributed by atoms with Crippen LogP contribution in [0.2, 0.25) is 0 Å². The number of Topliss-reactive ketones (excluding diaryl/α,β-unsaturated/α-hetero) is 1. The fraction of sp³-hybridized carbons (Fsp3) is 0.167. The molecule has 0 saturated carbocycles. The highest BCUT2D eigenvalue weighted by molar-refractivity contribution is 5.92. The van der Waals surface area contributed by atoms with E-state index < -0.39 is 0 Å². The van der Waals surface area contributed by atoms with Gasteiger partial charge in [-0.15, -0.1) is 0 Å². The fourth-order valence-corrected chi connectivity index (χ4v) is 1.52. The summed E-state index contributed by atoms with van der Waals surface area (Å²) in [5.74, 6) is 0.183. The molecule has 0 atom stereocenters. The number of nitrogens with one attached hydrogen (secondary N) is 1. The number of rotatable bonds is 3. The lowest BCUT2D eigenvalue weighted by Gasteiger charge is -1.98. The Balaban J connectivity index is 2.17. The topological polar surface area (TPSA) is 66.0 Å². The summed E-state index contributed by atoms with van der Waals surface area (Å²) in [5, 5.41) is 16.0. The molecule has 0 aliphatic heterocycles. The second kappa shape index (κ2) is 4.18. The highest BCUT2D eigenvalue weighted by atomic mass is 16.3. The van der Waals surface area contributed by atoms with Crippen LogP contribution in [0.15, 0.2) is 30.3 Å². The van der Waals surface area contributed by atoms with Gasteiger partial charge in [0.05, 0.1) is 0 Å². The minimum absolute atomic E-state index is 0.0570. The molecule has 0 aliphatic carbocycles. The molecule has 0 bridgehead atoms. The van der Waals surface area contributed by atoms with Gasteiger partial charge in [0.25, 0.3) is 0 Å². The van der Waals surface area contributed by atoms with Crippen molar-refractivity contribution in [2.75, 3.05) is 0 Å². The lowest BCUT2D eigenvalue weighted by atomic mass is 10.1. The van der Waals surface area contributed by atoms with Crippen molar-refractivity contribution < 1.29 is 9.90 Å². The Morgan fingerprint density at radius 3 is 2.88 bits per heavy atom. The molecule has 82 valence electrons. The normalized spacial score (nSPS) is 10.3. The number of H-pyrrole nitrogens is 1. The molecule has 1 aromatic heterocycles. The Morgan fingerprint density at radius 2 is 2.25 bits per heavy atom. The van der Waals surface area contributed by atoms with E-state index >= 15 is 0 Å². The number of nitrogens with zero attached hydrogens (tertiary/aromatic N) is 1. The first kappa shape index (κ1) is 10.4. The van der Waals surface area contributed by atoms with Crippen LogP contribution in [0, 0.1) is 0 Å². The zero-order chi connectivity index (χ0) is 11.5. The van der Waals surface area contributed by atoms with Gasteiger partial charge in [0.15, 0.2) is 5.78 Å². The smallest absolute Gasteiger partial charge is 0.179 e. The lowest BCUT2D eigenvalue weighted by molar-refractivity contribution is 0.101. The van der Waals surface area contributed by atoms with E-state index in [9.17, 15) is 9.90 Å². The summed E-state index contributed by atoms with van der Waals surface area (Å²) in [6.45, 7) is 1.48. The molecular formula is C12H12N2O2. The largest absolute Gasteiger partial charge is 0.508 e. The maximum Gasteiger partial charge on any atom is 0.179 e. The van der Waals surface area contributed by atoms with Gasteiger partial charge in [-0.2, -0.15) is 5.10 Å². The monoisotopic (exact) mass is 216 g/mol. The molecule has 4 nitrogen and oxygen atoms in total. The summed E-state index contributed by atoms with van der Waals surface area (Å²) in [5.41, 5.74) is 2.27. The molecule has 2 aromatic rings. The van der Waals surface area contributed by atoms with Gasteiger partial charge in [-0.1, -0.05) is 12.1 Å². The second-order valence-corrected chi connectivity index (χ2v) is 3.68. The van der Waals surface area contributed by atoms with E-state index in [0.29, 0.717) is 12.1 Å². The Morgan fingerprint density at radius 1 is 1.44 bits per heavy atom. The molecule has 16 heavy (non-hydrogen) atoms. The van der Waals surface area contributed by atoms with E-state index in [0.717, 1.165) is 11.3 Å². The SMILES string of the molecule is CC(=O)c1cc(Cc2cccc(O)c2)[nH]n1. The van der Waals surface area contributed by atoms with Crippen LogP contribution in [-0.2, 0) is 6.42 Å². The van der Waals surface area contributed by atoms with Crippen LogP contribution in [0.3, 0.4) is 0 Å². The second-order valence-electron chi connectivity index (χ2n) is 3.68. The molecule has 2 rings (SSSR count). The fourth-order valence-electron chi connectivity index (χ4n) is 1.52. The predicted molar refractivity (Wildman–Crippen MR) is 59.5 cm³/mol. The first-order valence-electron chi connectivity index (χ1n) is 4.98. The van der Waals surface area contributed by atoms with Gasteiger partial charge in [-0.3, -0.25) is 9.89 Å². The van der Waals surface area contributed by atoms with Crippen LogP contribution in [0.4, 0.5) is 0 Å². The van der Waals surface area contributed by atoms with Gasteiger partial charge >= 0.3 is 0 Å². The van der Waals surface area contributed by atoms with Crippen LogP contribution in [0.5, 0.6) is 5.75 Å². The van der Waals surface area contributed by atoms with Gasteiger partial charge < -0.3 is 5.11 Å². The van der Waals surface area contributed by atoms with Crippen molar-refractivity contribution in [3.63, 3.8) is 0 Å². The van der Waals surface area contributed by atoms with Crippen molar-refractivity contribution in [3.05, 3.63) is 47.3 Å². The third kappa shape index (κ3) is 2.28. The van der Waals surface area contributed by atoms with Crippen molar-refractivity contribution >= 4 is 5.78 Å². The number of carbonyl (C=O) groups excluding carboxylic acids is 1. The first-order chi connectivity index (χ1) is 7.65. The third-order valence-corrected chi connectivity index (χ3v) is 2.30. The molecule has 0 saturated heterocycles. The molecule has 1 heterocycles. The number of aromatic hydroxyl groups is 1. The Bertz CT molecular complexity index is 517. The van der Waals surface area contributed by atoms with Crippen molar-refractivity contribution in [1.29, 1.82) is 0 Å². The number of benzene rings is 1. The molecule has 0 spiro atoms. The van der Waals surface area contributed by atoms with Crippen LogP contribution in [-0.4, -0.2) is 21.1 Å². The zero-order valence-corrected chi connectivity index (χ0v) is 8.90. The van der Waals surface area contributed by atoms with E-state index in [4.69, 9.17) is 0 Å². The molecular weight excluding hydrogens is 204 g/mol. The number of phenolic OH excluding ortho intramolecular Hbond substituents is 1. The number of hydrogen-bond acceptors (Lipinski definition) is 3. The summed E-state index contributed by atoms with van der Waals surface area (Å²) < 4.78 is 0. The van der Waals surface area contributed by atoms with Gasteiger partial charge in [-0.05, 0) is 23.8 Å². The zero-order valence-electron chi connectivity index (χ0n) is 8.90. The van der Waals surface area contributed by atoms with E-state index in [2.05, 4.69) is 10.2 Å². The number of phenols is 1. The summed E-state index contributed by atoms with van der Waals surface area (Å²) in [6.07, 6.45) is 0.620. The van der Waals surface area contributed by atoms with Gasteiger partial charge in [-0.25, -0.2) is 0 Å². The highest BCUT2D eigenvalue weighted by Crippen LogP contribution is 2.14. The summed E-state index contributed by atoms with van der Waals surface area (Å²) in [4.78, 5) is 11.0. The number of aromatic nitrogens is 2. The number of ketones is 1. The van der Waals surface area contributed by atoms with E-state index in [1.807, 2.05) is 6.07 Å². The minimum Gasteiger partial charge on any atom is -0.508 e. The third-order valence-electron chi connectivity index (χ3n) is 2.30. The van der Waals surface area contributed by atoms with Crippen molar-refractivity contribution in [1.82, 2.24) is 10.2 Å². The average molecular weight is 216 g/mol. The predicted octanol–water partition coefficient (Wildman–Crippen LogP) is 1.91. The molecule has 0 fully saturated rings. The number of carbonyl (C=O) groups is 1. The highest BCUT2D eigenvalue weighted by Gasteiger charge is 2.05. The van der Waals surface area contributed by atoms with Crippen molar-refractivity contribution in [2.24, 2.45) is 0 Å². The first-order valence-corrected chi connectivity index (χ1v) is 4.98. The minimum atomic E-state index is -0.0570. The molecule has 1 aromatic carbocycles. The molecule has 0 aliphatic rings. The maximum atomic E-state index is 11.0. The maximum absolute atomic E-state index is 11.0. The van der Waals surface area contributed by atoms with Gasteiger partial charge in [0, 0.05) is 19.0 Å². The summed E-state index contributed by atoms with van der Waals surface area (Å²) in [6, 6.07) is 8.74. The van der Waals surface area contributed by atoms with Crippen LogP contribution < -0.4 is 0 Å². The van der Waals surface area contributed by atoms with E-state index in [1.165, 1.54) is 6.92 Å². The quantitative estimate of drug-likeness (QED) is 0.770.